The zero-order valence-corrected chi connectivity index (χ0v) is 13.6. The molecule has 1 saturated heterocycles. The number of hydrogen-bond donors (Lipinski definition) is 0. The van der Waals surface area contributed by atoms with Gasteiger partial charge in [-0.3, -0.25) is 0 Å². The Morgan fingerprint density at radius 3 is 3.00 bits per heavy atom. The molecule has 21 heavy (non-hydrogen) atoms. The zero-order chi connectivity index (χ0) is 14.8. The van der Waals surface area contributed by atoms with Crippen LogP contribution >= 0.6 is 11.6 Å². The van der Waals surface area contributed by atoms with Crippen molar-refractivity contribution in [1.82, 2.24) is 19.4 Å². The lowest BCUT2D eigenvalue weighted by Crippen LogP contribution is -2.22. The molecule has 0 aromatic carbocycles. The Hall–Kier alpha value is -1.13. The molecule has 0 radical (unpaired) electrons. The predicted octanol–water partition coefficient (Wildman–Crippen LogP) is 2.86. The van der Waals surface area contributed by atoms with Gasteiger partial charge in [0.25, 0.3) is 0 Å². The van der Waals surface area contributed by atoms with Gasteiger partial charge in [0.1, 0.15) is 11.3 Å². The maximum atomic E-state index is 5.95. The van der Waals surface area contributed by atoms with Crippen LogP contribution in [0.1, 0.15) is 24.7 Å². The molecule has 3 rings (SSSR count). The van der Waals surface area contributed by atoms with Crippen LogP contribution in [0.3, 0.4) is 0 Å². The van der Waals surface area contributed by atoms with E-state index in [-0.39, 0.29) is 0 Å². The first-order valence-electron chi connectivity index (χ1n) is 7.81. The second kappa shape index (κ2) is 6.32. The Kier molecular flexibility index (Phi) is 4.45. The topological polar surface area (TPSA) is 34.0 Å². The number of halogens is 1. The van der Waals surface area contributed by atoms with Crippen molar-refractivity contribution in [2.24, 2.45) is 5.92 Å². The number of alkyl halides is 1. The van der Waals surface area contributed by atoms with E-state index in [9.17, 15) is 0 Å². The predicted molar refractivity (Wildman–Crippen MR) is 86.9 cm³/mol. The van der Waals surface area contributed by atoms with E-state index < -0.39 is 0 Å². The van der Waals surface area contributed by atoms with Crippen LogP contribution in [-0.4, -0.2) is 44.9 Å². The molecule has 1 aliphatic rings. The fraction of sp³-hybridized carbons (Fsp3) is 0.625. The van der Waals surface area contributed by atoms with Crippen LogP contribution in [0.5, 0.6) is 0 Å². The summed E-state index contributed by atoms with van der Waals surface area (Å²) < 4.78 is 2.29. The van der Waals surface area contributed by atoms with Crippen LogP contribution < -0.4 is 0 Å². The zero-order valence-electron chi connectivity index (χ0n) is 12.8. The van der Waals surface area contributed by atoms with Crippen molar-refractivity contribution in [1.29, 1.82) is 0 Å². The molecule has 0 amide bonds. The molecule has 4 nitrogen and oxygen atoms in total. The second-order valence-electron chi connectivity index (χ2n) is 5.98. The van der Waals surface area contributed by atoms with E-state index in [0.717, 1.165) is 42.1 Å². The molecule has 1 unspecified atom stereocenters. The number of imidazole rings is 1. The van der Waals surface area contributed by atoms with Gasteiger partial charge in [0.2, 0.25) is 0 Å². The van der Waals surface area contributed by atoms with Crippen molar-refractivity contribution in [3.8, 4) is 0 Å². The molecule has 0 bridgehead atoms. The highest BCUT2D eigenvalue weighted by atomic mass is 35.5. The van der Waals surface area contributed by atoms with Gasteiger partial charge in [-0.25, -0.2) is 9.97 Å². The molecule has 1 aliphatic heterocycles. The third-order valence-electron chi connectivity index (χ3n) is 4.38. The van der Waals surface area contributed by atoms with Gasteiger partial charge in [0, 0.05) is 31.6 Å². The average molecular weight is 307 g/mol. The molecule has 0 spiro atoms. The van der Waals surface area contributed by atoms with Gasteiger partial charge >= 0.3 is 0 Å². The van der Waals surface area contributed by atoms with E-state index in [1.165, 1.54) is 19.5 Å². The minimum atomic E-state index is 0.605. The van der Waals surface area contributed by atoms with Crippen LogP contribution in [0.2, 0.25) is 0 Å². The first-order valence-corrected chi connectivity index (χ1v) is 8.34. The summed E-state index contributed by atoms with van der Waals surface area (Å²) in [5.74, 6) is 2.38. The van der Waals surface area contributed by atoms with E-state index in [0.29, 0.717) is 11.8 Å². The number of likely N-dealkylation sites (tertiary alicyclic amines) is 1. The van der Waals surface area contributed by atoms with Gasteiger partial charge < -0.3 is 9.47 Å². The van der Waals surface area contributed by atoms with E-state index in [1.807, 2.05) is 6.20 Å². The number of rotatable bonds is 5. The van der Waals surface area contributed by atoms with Crippen molar-refractivity contribution < 1.29 is 0 Å². The molecule has 0 aliphatic carbocycles. The summed E-state index contributed by atoms with van der Waals surface area (Å²) in [6.07, 6.45) is 4.00. The van der Waals surface area contributed by atoms with Crippen LogP contribution in [0.25, 0.3) is 11.2 Å². The van der Waals surface area contributed by atoms with E-state index in [4.69, 9.17) is 16.6 Å². The second-order valence-corrected chi connectivity index (χ2v) is 6.36. The number of fused-ring (bicyclic) bond motifs is 1. The molecule has 3 heterocycles. The normalized spacial score (nSPS) is 19.7. The largest absolute Gasteiger partial charge is 0.312 e. The van der Waals surface area contributed by atoms with Gasteiger partial charge in [-0.05, 0) is 44.0 Å². The number of aryl methyl sites for hydroxylation is 2. The Labute approximate surface area is 131 Å². The lowest BCUT2D eigenvalue weighted by molar-refractivity contribution is 0.332. The molecule has 2 aromatic rings. The van der Waals surface area contributed by atoms with E-state index >= 15 is 0 Å². The van der Waals surface area contributed by atoms with E-state index in [1.54, 1.807) is 0 Å². The Morgan fingerprint density at radius 2 is 2.29 bits per heavy atom. The van der Waals surface area contributed by atoms with Crippen molar-refractivity contribution in [2.45, 2.75) is 33.2 Å². The molecule has 1 atom stereocenters. The maximum absolute atomic E-state index is 5.95. The lowest BCUT2D eigenvalue weighted by Gasteiger charge is -2.15. The van der Waals surface area contributed by atoms with Crippen LogP contribution in [0.4, 0.5) is 0 Å². The minimum Gasteiger partial charge on any atom is -0.312 e. The van der Waals surface area contributed by atoms with Crippen LogP contribution in [0.15, 0.2) is 12.3 Å². The molecular weight excluding hydrogens is 284 g/mol. The summed E-state index contributed by atoms with van der Waals surface area (Å²) in [6.45, 7) is 8.84. The summed E-state index contributed by atoms with van der Waals surface area (Å²) in [7, 11) is 0. The van der Waals surface area contributed by atoms with E-state index in [2.05, 4.69) is 34.4 Å². The van der Waals surface area contributed by atoms with Crippen molar-refractivity contribution in [3.05, 3.63) is 23.7 Å². The number of hydrogen-bond acceptors (Lipinski definition) is 3. The SMILES string of the molecule is CCN1CCC(Cn2c(CCCl)nc3cc(C)cnc32)C1. The van der Waals surface area contributed by atoms with Gasteiger partial charge in [0.15, 0.2) is 5.65 Å². The Balaban J connectivity index is 1.90. The van der Waals surface area contributed by atoms with Crippen LogP contribution in [-0.2, 0) is 13.0 Å². The first-order chi connectivity index (χ1) is 10.2. The molecule has 2 aromatic heterocycles. The molecule has 114 valence electrons. The number of aromatic nitrogens is 3. The molecular formula is C16H23ClN4. The molecule has 1 fully saturated rings. The third kappa shape index (κ3) is 3.06. The van der Waals surface area contributed by atoms with Gasteiger partial charge in [-0.15, -0.1) is 11.6 Å². The van der Waals surface area contributed by atoms with Crippen molar-refractivity contribution in [3.63, 3.8) is 0 Å². The smallest absolute Gasteiger partial charge is 0.160 e. The third-order valence-corrected chi connectivity index (χ3v) is 4.57. The fourth-order valence-electron chi connectivity index (χ4n) is 3.23. The standard InChI is InChI=1S/C16H23ClN4/c1-3-20-7-5-13(10-20)11-21-15(4-6-17)19-14-8-12(2)9-18-16(14)21/h8-9,13H,3-7,10-11H2,1-2H3. The summed E-state index contributed by atoms with van der Waals surface area (Å²) >= 11 is 5.95. The fourth-order valence-corrected chi connectivity index (χ4v) is 3.40. The maximum Gasteiger partial charge on any atom is 0.160 e. The lowest BCUT2D eigenvalue weighted by atomic mass is 10.1. The highest BCUT2D eigenvalue weighted by molar-refractivity contribution is 6.17. The Bertz CT molecular complexity index is 622. The van der Waals surface area contributed by atoms with Crippen LogP contribution in [0, 0.1) is 12.8 Å². The average Bonchev–Trinajstić information content (AvgIpc) is 3.05. The highest BCUT2D eigenvalue weighted by Gasteiger charge is 2.23. The molecule has 0 saturated carbocycles. The van der Waals surface area contributed by atoms with Crippen molar-refractivity contribution >= 4 is 22.8 Å². The van der Waals surface area contributed by atoms with Gasteiger partial charge in [0.05, 0.1) is 0 Å². The van der Waals surface area contributed by atoms with Gasteiger partial charge in [-0.2, -0.15) is 0 Å². The molecule has 5 heteroatoms. The first kappa shape index (κ1) is 14.8. The van der Waals surface area contributed by atoms with Gasteiger partial charge in [-0.1, -0.05) is 6.92 Å². The summed E-state index contributed by atoms with van der Waals surface area (Å²) in [5, 5.41) is 0. The quantitative estimate of drug-likeness (QED) is 0.797. The minimum absolute atomic E-state index is 0.605. The Morgan fingerprint density at radius 1 is 1.43 bits per heavy atom. The number of pyridine rings is 1. The van der Waals surface area contributed by atoms with Crippen molar-refractivity contribution in [2.75, 3.05) is 25.5 Å². The molecule has 0 N–H and O–H groups in total. The number of nitrogens with zero attached hydrogens (tertiary/aromatic N) is 4. The summed E-state index contributed by atoms with van der Waals surface area (Å²) in [4.78, 5) is 11.9. The highest BCUT2D eigenvalue weighted by Crippen LogP contribution is 2.22. The summed E-state index contributed by atoms with van der Waals surface area (Å²) in [5.41, 5.74) is 3.17. The summed E-state index contributed by atoms with van der Waals surface area (Å²) in [6, 6.07) is 2.11. The monoisotopic (exact) mass is 306 g/mol.